The molecule has 0 radical (unpaired) electrons. The molecule has 0 aliphatic carbocycles. The second-order valence-corrected chi connectivity index (χ2v) is 6.55. The van der Waals surface area contributed by atoms with Crippen molar-refractivity contribution >= 4 is 5.91 Å². The van der Waals surface area contributed by atoms with Crippen LogP contribution in [-0.2, 0) is 11.2 Å². The number of piperazine rings is 1. The Labute approximate surface area is 146 Å². The third-order valence-corrected chi connectivity index (χ3v) is 4.79. The van der Waals surface area contributed by atoms with E-state index in [0.29, 0.717) is 42.2 Å². The summed E-state index contributed by atoms with van der Waals surface area (Å²) in [6, 6.07) is 5.14. The Balaban J connectivity index is 1.61. The van der Waals surface area contributed by atoms with E-state index in [2.05, 4.69) is 29.3 Å². The van der Waals surface area contributed by atoms with Gasteiger partial charge in [-0.05, 0) is 44.5 Å². The molecule has 1 fully saturated rings. The van der Waals surface area contributed by atoms with Crippen LogP contribution in [0.2, 0.25) is 0 Å². The van der Waals surface area contributed by atoms with E-state index in [1.54, 1.807) is 19.1 Å². The van der Waals surface area contributed by atoms with E-state index < -0.39 is 0 Å². The summed E-state index contributed by atoms with van der Waals surface area (Å²) in [6.07, 6.45) is 0.734. The van der Waals surface area contributed by atoms with Gasteiger partial charge in [-0.2, -0.15) is 4.98 Å². The molecule has 1 aromatic heterocycles. The normalized spacial score (nSPS) is 20.7. The lowest BCUT2D eigenvalue weighted by Crippen LogP contribution is -2.57. The molecular weight excluding hydrogens is 323 g/mol. The zero-order chi connectivity index (χ0) is 18.0. The minimum atomic E-state index is -0.266. The number of hydrogen-bond donors (Lipinski definition) is 1. The molecule has 0 saturated carbocycles. The van der Waals surface area contributed by atoms with Crippen LogP contribution in [0.5, 0.6) is 0 Å². The van der Waals surface area contributed by atoms with Crippen LogP contribution in [0, 0.1) is 12.7 Å². The van der Waals surface area contributed by atoms with Gasteiger partial charge in [0, 0.05) is 43.6 Å². The van der Waals surface area contributed by atoms with Crippen LogP contribution in [0.25, 0.3) is 11.4 Å². The first-order chi connectivity index (χ1) is 12.0. The first kappa shape index (κ1) is 17.5. The van der Waals surface area contributed by atoms with E-state index in [1.165, 1.54) is 6.07 Å². The third-order valence-electron chi connectivity index (χ3n) is 4.79. The van der Waals surface area contributed by atoms with Crippen molar-refractivity contribution in [3.05, 3.63) is 35.5 Å². The molecule has 1 aliphatic heterocycles. The maximum absolute atomic E-state index is 13.4. The number of nitrogens with one attached hydrogen (secondary N) is 1. The van der Waals surface area contributed by atoms with E-state index in [4.69, 9.17) is 4.52 Å². The predicted octanol–water partition coefficient (Wildman–Crippen LogP) is 2.33. The minimum Gasteiger partial charge on any atom is -0.339 e. The summed E-state index contributed by atoms with van der Waals surface area (Å²) < 4.78 is 18.6. The number of halogens is 1. The molecular formula is C18H23FN4O2. The van der Waals surface area contributed by atoms with Gasteiger partial charge in [0.25, 0.3) is 0 Å². The van der Waals surface area contributed by atoms with Crippen LogP contribution in [0.4, 0.5) is 4.39 Å². The molecule has 7 heteroatoms. The molecule has 6 nitrogen and oxygen atoms in total. The average Bonchev–Trinajstić information content (AvgIpc) is 3.06. The lowest BCUT2D eigenvalue weighted by Gasteiger charge is -2.38. The molecule has 134 valence electrons. The first-order valence-corrected chi connectivity index (χ1v) is 8.57. The van der Waals surface area contributed by atoms with E-state index in [1.807, 2.05) is 4.90 Å². The van der Waals surface area contributed by atoms with Crippen molar-refractivity contribution in [2.24, 2.45) is 0 Å². The molecule has 2 heterocycles. The Hall–Kier alpha value is -2.28. The molecule has 2 atom stereocenters. The number of rotatable bonds is 4. The molecule has 1 amide bonds. The maximum Gasteiger partial charge on any atom is 0.227 e. The van der Waals surface area contributed by atoms with Crippen LogP contribution in [-0.4, -0.2) is 46.1 Å². The first-order valence-electron chi connectivity index (χ1n) is 8.57. The summed E-state index contributed by atoms with van der Waals surface area (Å²) in [7, 11) is 0. The van der Waals surface area contributed by atoms with Gasteiger partial charge in [-0.25, -0.2) is 4.39 Å². The van der Waals surface area contributed by atoms with Crippen molar-refractivity contribution in [1.29, 1.82) is 0 Å². The van der Waals surface area contributed by atoms with Crippen molar-refractivity contribution in [2.45, 2.75) is 45.7 Å². The molecule has 0 bridgehead atoms. The topological polar surface area (TPSA) is 71.3 Å². The fourth-order valence-electron chi connectivity index (χ4n) is 3.02. The number of hydrogen-bond acceptors (Lipinski definition) is 5. The molecule has 1 aromatic carbocycles. The maximum atomic E-state index is 13.4. The minimum absolute atomic E-state index is 0.0956. The van der Waals surface area contributed by atoms with Gasteiger partial charge >= 0.3 is 0 Å². The second-order valence-electron chi connectivity index (χ2n) is 6.55. The Morgan fingerprint density at radius 3 is 3.00 bits per heavy atom. The average molecular weight is 346 g/mol. The number of nitrogens with zero attached hydrogens (tertiary/aromatic N) is 3. The highest BCUT2D eigenvalue weighted by Crippen LogP contribution is 2.20. The van der Waals surface area contributed by atoms with Crippen molar-refractivity contribution in [2.75, 3.05) is 13.1 Å². The van der Waals surface area contributed by atoms with E-state index >= 15 is 0 Å². The Bertz CT molecular complexity index is 761. The van der Waals surface area contributed by atoms with Crippen LogP contribution in [0.1, 0.15) is 31.7 Å². The Morgan fingerprint density at radius 1 is 1.44 bits per heavy atom. The summed E-state index contributed by atoms with van der Waals surface area (Å²) >= 11 is 0. The molecule has 25 heavy (non-hydrogen) atoms. The number of benzene rings is 1. The fraction of sp³-hybridized carbons (Fsp3) is 0.500. The zero-order valence-corrected chi connectivity index (χ0v) is 14.8. The van der Waals surface area contributed by atoms with Crippen LogP contribution < -0.4 is 5.32 Å². The molecule has 1 aliphatic rings. The van der Waals surface area contributed by atoms with Gasteiger partial charge in [-0.15, -0.1) is 0 Å². The number of carbonyl (C=O) groups is 1. The highest BCUT2D eigenvalue weighted by atomic mass is 19.1. The number of aromatic nitrogens is 2. The summed E-state index contributed by atoms with van der Waals surface area (Å²) in [5, 5.41) is 7.29. The lowest BCUT2D eigenvalue weighted by atomic mass is 10.1. The molecule has 2 aromatic rings. The van der Waals surface area contributed by atoms with Gasteiger partial charge < -0.3 is 14.7 Å². The predicted molar refractivity (Wildman–Crippen MR) is 91.4 cm³/mol. The quantitative estimate of drug-likeness (QED) is 0.920. The van der Waals surface area contributed by atoms with Crippen molar-refractivity contribution in [3.63, 3.8) is 0 Å². The fourth-order valence-corrected chi connectivity index (χ4v) is 3.02. The number of carbonyl (C=O) groups excluding carboxylic acids is 1. The third kappa shape index (κ3) is 3.87. The summed E-state index contributed by atoms with van der Waals surface area (Å²) in [4.78, 5) is 18.7. The van der Waals surface area contributed by atoms with Gasteiger partial charge in [0.1, 0.15) is 5.82 Å². The van der Waals surface area contributed by atoms with Gasteiger partial charge in [-0.3, -0.25) is 4.79 Å². The zero-order valence-electron chi connectivity index (χ0n) is 14.8. The summed E-state index contributed by atoms with van der Waals surface area (Å²) in [6.45, 7) is 7.35. The van der Waals surface area contributed by atoms with Crippen LogP contribution >= 0.6 is 0 Å². The van der Waals surface area contributed by atoms with Gasteiger partial charge in [-0.1, -0.05) is 5.16 Å². The standard InChI is InChI=1S/C18H23FN4O2/c1-11-10-14(4-5-15(11)19)18-21-16(25-22-18)6-7-17(24)23-9-8-20-12(2)13(23)3/h4-5,10,12-13,20H,6-9H2,1-3H3. The van der Waals surface area contributed by atoms with Crippen molar-refractivity contribution in [3.8, 4) is 11.4 Å². The Morgan fingerprint density at radius 2 is 2.24 bits per heavy atom. The summed E-state index contributed by atoms with van der Waals surface area (Å²) in [5.41, 5.74) is 1.23. The van der Waals surface area contributed by atoms with Gasteiger partial charge in [0.05, 0.1) is 0 Å². The van der Waals surface area contributed by atoms with Crippen LogP contribution in [0.3, 0.4) is 0 Å². The van der Waals surface area contributed by atoms with Crippen molar-refractivity contribution in [1.82, 2.24) is 20.4 Å². The molecule has 0 spiro atoms. The van der Waals surface area contributed by atoms with Crippen LogP contribution in [0.15, 0.2) is 22.7 Å². The SMILES string of the molecule is Cc1cc(-c2noc(CCC(=O)N3CCNC(C)C3C)n2)ccc1F. The Kier molecular flexibility index (Phi) is 5.13. The van der Waals surface area contributed by atoms with Gasteiger partial charge in [0.15, 0.2) is 0 Å². The van der Waals surface area contributed by atoms with E-state index in [9.17, 15) is 9.18 Å². The van der Waals surface area contributed by atoms with E-state index in [-0.39, 0.29) is 23.8 Å². The van der Waals surface area contributed by atoms with Gasteiger partial charge in [0.2, 0.25) is 17.6 Å². The number of amides is 1. The largest absolute Gasteiger partial charge is 0.339 e. The second kappa shape index (κ2) is 7.31. The molecule has 2 unspecified atom stereocenters. The highest BCUT2D eigenvalue weighted by molar-refractivity contribution is 5.77. The monoisotopic (exact) mass is 346 g/mol. The summed E-state index contributed by atoms with van der Waals surface area (Å²) in [5.74, 6) is 0.659. The molecule has 1 saturated heterocycles. The highest BCUT2D eigenvalue weighted by Gasteiger charge is 2.28. The molecule has 3 rings (SSSR count). The molecule has 1 N–H and O–H groups in total. The van der Waals surface area contributed by atoms with Crippen molar-refractivity contribution < 1.29 is 13.7 Å². The number of aryl methyl sites for hydroxylation is 2. The van der Waals surface area contributed by atoms with E-state index in [0.717, 1.165) is 6.54 Å². The lowest BCUT2D eigenvalue weighted by molar-refractivity contribution is -0.134. The smallest absolute Gasteiger partial charge is 0.227 e.